The lowest BCUT2D eigenvalue weighted by molar-refractivity contribution is 0.489. The molecule has 10 rings (SSSR count). The molecule has 1 aliphatic heterocycles. The molecule has 0 fully saturated rings. The minimum Gasteiger partial charge on any atom is -0.455 e. The van der Waals surface area contributed by atoms with Crippen LogP contribution in [-0.4, -0.2) is 0 Å². The van der Waals surface area contributed by atoms with Crippen molar-refractivity contribution in [2.24, 2.45) is 0 Å². The monoisotopic (exact) mass is 596 g/mol. The summed E-state index contributed by atoms with van der Waals surface area (Å²) >= 11 is 0. The highest BCUT2D eigenvalue weighted by molar-refractivity contribution is 6.17. The van der Waals surface area contributed by atoms with Crippen LogP contribution in [-0.2, 0) is 0 Å². The van der Waals surface area contributed by atoms with Gasteiger partial charge in [0.15, 0.2) is 0 Å². The number of fused-ring (bicyclic) bond motifs is 7. The summed E-state index contributed by atoms with van der Waals surface area (Å²) in [7, 11) is 0. The van der Waals surface area contributed by atoms with E-state index in [4.69, 9.17) is 4.74 Å². The third kappa shape index (κ3) is 4.10. The maximum Gasteiger partial charge on any atom is 0.143 e. The lowest BCUT2D eigenvalue weighted by Gasteiger charge is -2.24. The fraction of sp³-hybridized carbons (Fsp3) is 0. The minimum atomic E-state index is 0.914. The Kier molecular flexibility index (Phi) is 5.64. The highest BCUT2D eigenvalue weighted by Gasteiger charge is 2.24. The molecular weight excluding hydrogens is 569 g/mol. The third-order valence-electron chi connectivity index (χ3n) is 9.81. The fourth-order valence-electron chi connectivity index (χ4n) is 7.56. The zero-order chi connectivity index (χ0) is 30.9. The molecule has 1 heteroatoms. The molecule has 9 aromatic carbocycles. The summed E-state index contributed by atoms with van der Waals surface area (Å²) < 4.78 is 6.83. The maximum atomic E-state index is 6.83. The average molecular weight is 597 g/mol. The summed E-state index contributed by atoms with van der Waals surface area (Å²) in [6.07, 6.45) is 0. The number of ether oxygens (including phenoxy) is 1. The second-order valence-corrected chi connectivity index (χ2v) is 12.5. The topological polar surface area (TPSA) is 9.23 Å². The van der Waals surface area contributed by atoms with Crippen molar-refractivity contribution in [1.29, 1.82) is 0 Å². The Bertz CT molecular complexity index is 2720. The van der Waals surface area contributed by atoms with E-state index in [0.29, 0.717) is 0 Å². The normalized spacial score (nSPS) is 12.0. The molecule has 0 spiro atoms. The Morgan fingerprint density at radius 2 is 0.830 bits per heavy atom. The molecule has 0 aromatic heterocycles. The van der Waals surface area contributed by atoms with Crippen LogP contribution < -0.4 is 4.74 Å². The van der Waals surface area contributed by atoms with E-state index in [9.17, 15) is 0 Å². The molecule has 1 aliphatic rings. The van der Waals surface area contributed by atoms with Crippen molar-refractivity contribution in [2.45, 2.75) is 0 Å². The van der Waals surface area contributed by atoms with Crippen LogP contribution in [0.2, 0.25) is 0 Å². The van der Waals surface area contributed by atoms with E-state index in [0.717, 1.165) is 28.2 Å². The van der Waals surface area contributed by atoms with Crippen molar-refractivity contribution >= 4 is 43.1 Å². The SMILES string of the molecule is c1cc(-c2cccc(-c3cccc4c3Oc3cc5ccccc5c5cccc-4c35)c2)cc(-c2ccc3c(ccc4ccccc43)c2)c1. The van der Waals surface area contributed by atoms with Crippen molar-refractivity contribution in [3.05, 3.63) is 170 Å². The predicted octanol–water partition coefficient (Wildman–Crippen LogP) is 13.1. The molecule has 1 nitrogen and oxygen atoms in total. The molecule has 0 atom stereocenters. The van der Waals surface area contributed by atoms with Gasteiger partial charge in [-0.2, -0.15) is 0 Å². The molecule has 0 saturated carbocycles. The first-order chi connectivity index (χ1) is 23.3. The lowest BCUT2D eigenvalue weighted by atomic mass is 9.89. The Hall–Kier alpha value is -6.18. The summed E-state index contributed by atoms with van der Waals surface area (Å²) in [6.45, 7) is 0. The van der Waals surface area contributed by atoms with E-state index in [1.165, 1.54) is 70.9 Å². The van der Waals surface area contributed by atoms with Gasteiger partial charge in [0.25, 0.3) is 0 Å². The first-order valence-corrected chi connectivity index (χ1v) is 16.2. The van der Waals surface area contributed by atoms with Gasteiger partial charge in [0, 0.05) is 16.5 Å². The van der Waals surface area contributed by atoms with E-state index < -0.39 is 0 Å². The van der Waals surface area contributed by atoms with Gasteiger partial charge in [-0.1, -0.05) is 146 Å². The number of benzene rings is 9. The number of hydrogen-bond acceptors (Lipinski definition) is 1. The van der Waals surface area contributed by atoms with Gasteiger partial charge in [-0.15, -0.1) is 0 Å². The Labute approximate surface area is 272 Å². The van der Waals surface area contributed by atoms with E-state index in [1.54, 1.807) is 0 Å². The number of rotatable bonds is 3. The van der Waals surface area contributed by atoms with Crippen LogP contribution >= 0.6 is 0 Å². The lowest BCUT2D eigenvalue weighted by Crippen LogP contribution is -1.99. The molecular formula is C46H28O. The largest absolute Gasteiger partial charge is 0.455 e. The van der Waals surface area contributed by atoms with Crippen molar-refractivity contribution in [1.82, 2.24) is 0 Å². The zero-order valence-corrected chi connectivity index (χ0v) is 25.6. The standard InChI is InChI=1S/C46H28O/c1-3-15-37-29(9-1)21-22-36-27-33(23-24-39(36)37)31-12-5-11-30(25-31)32-13-6-14-34(26-32)40-17-7-20-43-42-19-8-18-41-38-16-4-2-10-35(38)28-44(45(41)42)47-46(40)43/h1-28H. The third-order valence-corrected chi connectivity index (χ3v) is 9.81. The summed E-state index contributed by atoms with van der Waals surface area (Å²) in [5, 5.41) is 9.97. The first kappa shape index (κ1) is 26.1. The summed E-state index contributed by atoms with van der Waals surface area (Å²) in [5.74, 6) is 1.83. The highest BCUT2D eigenvalue weighted by Crippen LogP contribution is 2.51. The number of para-hydroxylation sites is 1. The molecule has 0 bridgehead atoms. The second-order valence-electron chi connectivity index (χ2n) is 12.5. The van der Waals surface area contributed by atoms with Gasteiger partial charge in [0.1, 0.15) is 11.5 Å². The van der Waals surface area contributed by atoms with Crippen LogP contribution in [0.1, 0.15) is 0 Å². The van der Waals surface area contributed by atoms with Gasteiger partial charge in [0.05, 0.1) is 0 Å². The van der Waals surface area contributed by atoms with Gasteiger partial charge in [-0.05, 0) is 95.3 Å². The van der Waals surface area contributed by atoms with Gasteiger partial charge in [0.2, 0.25) is 0 Å². The smallest absolute Gasteiger partial charge is 0.143 e. The molecule has 0 N–H and O–H groups in total. The molecule has 0 unspecified atom stereocenters. The van der Waals surface area contributed by atoms with Gasteiger partial charge >= 0.3 is 0 Å². The predicted molar refractivity (Wildman–Crippen MR) is 198 cm³/mol. The van der Waals surface area contributed by atoms with Crippen molar-refractivity contribution < 1.29 is 4.74 Å². The Balaban J connectivity index is 1.06. The van der Waals surface area contributed by atoms with Gasteiger partial charge < -0.3 is 4.74 Å². The molecule has 0 amide bonds. The van der Waals surface area contributed by atoms with E-state index in [2.05, 4.69) is 170 Å². The van der Waals surface area contributed by atoms with Crippen molar-refractivity contribution in [3.63, 3.8) is 0 Å². The van der Waals surface area contributed by atoms with Crippen LogP contribution in [0.25, 0.3) is 87.6 Å². The van der Waals surface area contributed by atoms with Crippen molar-refractivity contribution in [3.8, 4) is 56.0 Å². The summed E-state index contributed by atoms with van der Waals surface area (Å²) in [5.41, 5.74) is 9.38. The molecule has 9 aromatic rings. The van der Waals surface area contributed by atoms with E-state index >= 15 is 0 Å². The van der Waals surface area contributed by atoms with Crippen LogP contribution in [0.4, 0.5) is 0 Å². The van der Waals surface area contributed by atoms with Gasteiger partial charge in [-0.3, -0.25) is 0 Å². The fourth-order valence-corrected chi connectivity index (χ4v) is 7.56. The second kappa shape index (κ2) is 10.2. The quantitative estimate of drug-likeness (QED) is 0.184. The molecule has 0 saturated heterocycles. The zero-order valence-electron chi connectivity index (χ0n) is 25.6. The van der Waals surface area contributed by atoms with E-state index in [-0.39, 0.29) is 0 Å². The minimum absolute atomic E-state index is 0.914. The van der Waals surface area contributed by atoms with Crippen molar-refractivity contribution in [2.75, 3.05) is 0 Å². The maximum absolute atomic E-state index is 6.83. The molecule has 0 radical (unpaired) electrons. The number of hydrogen-bond donors (Lipinski definition) is 0. The molecule has 218 valence electrons. The van der Waals surface area contributed by atoms with Crippen LogP contribution in [0.15, 0.2) is 170 Å². The Morgan fingerprint density at radius 1 is 0.298 bits per heavy atom. The van der Waals surface area contributed by atoms with Crippen LogP contribution in [0.3, 0.4) is 0 Å². The Morgan fingerprint density at radius 3 is 1.66 bits per heavy atom. The molecule has 47 heavy (non-hydrogen) atoms. The summed E-state index contributed by atoms with van der Waals surface area (Å²) in [6, 6.07) is 61.5. The molecule has 0 aliphatic carbocycles. The van der Waals surface area contributed by atoms with Gasteiger partial charge in [-0.25, -0.2) is 0 Å². The highest BCUT2D eigenvalue weighted by atomic mass is 16.5. The summed E-state index contributed by atoms with van der Waals surface area (Å²) in [4.78, 5) is 0. The molecule has 1 heterocycles. The average Bonchev–Trinajstić information content (AvgIpc) is 3.14. The van der Waals surface area contributed by atoms with Crippen LogP contribution in [0, 0.1) is 0 Å². The van der Waals surface area contributed by atoms with E-state index in [1.807, 2.05) is 0 Å². The van der Waals surface area contributed by atoms with Crippen LogP contribution in [0.5, 0.6) is 11.5 Å². The first-order valence-electron chi connectivity index (χ1n) is 16.2.